The highest BCUT2D eigenvalue weighted by Gasteiger charge is 2.00. The molecule has 1 aromatic rings. The van der Waals surface area contributed by atoms with Gasteiger partial charge in [-0.3, -0.25) is 4.68 Å². The summed E-state index contributed by atoms with van der Waals surface area (Å²) in [6.45, 7) is 4.84. The summed E-state index contributed by atoms with van der Waals surface area (Å²) >= 11 is 0. The van der Waals surface area contributed by atoms with Crippen LogP contribution in [0.4, 0.5) is 0 Å². The van der Waals surface area contributed by atoms with Crippen molar-refractivity contribution in [2.75, 3.05) is 0 Å². The number of aromatic hydroxyl groups is 1. The van der Waals surface area contributed by atoms with Crippen molar-refractivity contribution >= 4 is 0 Å². The Kier molecular flexibility index (Phi) is 2.52. The number of rotatable bonds is 3. The lowest BCUT2D eigenvalue weighted by Crippen LogP contribution is -1.97. The normalized spacial score (nSPS) is 10.4. The van der Waals surface area contributed by atoms with Gasteiger partial charge in [-0.05, 0) is 13.3 Å². The zero-order valence-electron chi connectivity index (χ0n) is 7.04. The molecule has 0 radical (unpaired) electrons. The largest absolute Gasteiger partial charge is 0.504 e. The minimum Gasteiger partial charge on any atom is -0.504 e. The molecule has 0 amide bonds. The van der Waals surface area contributed by atoms with Gasteiger partial charge in [-0.1, -0.05) is 13.3 Å². The predicted octanol–water partition coefficient (Wildman–Crippen LogP) is 1.70. The van der Waals surface area contributed by atoms with Gasteiger partial charge >= 0.3 is 0 Å². The van der Waals surface area contributed by atoms with Crippen LogP contribution < -0.4 is 0 Å². The van der Waals surface area contributed by atoms with Crippen LogP contribution in [0.3, 0.4) is 0 Å². The van der Waals surface area contributed by atoms with Crippen LogP contribution in [-0.4, -0.2) is 14.9 Å². The van der Waals surface area contributed by atoms with E-state index in [9.17, 15) is 0 Å². The predicted molar refractivity (Wildman–Crippen MR) is 43.5 cm³/mol. The average molecular weight is 154 g/mol. The van der Waals surface area contributed by atoms with Gasteiger partial charge in [-0.2, -0.15) is 5.10 Å². The van der Waals surface area contributed by atoms with E-state index >= 15 is 0 Å². The Hall–Kier alpha value is -0.990. The summed E-state index contributed by atoms with van der Waals surface area (Å²) < 4.78 is 1.79. The van der Waals surface area contributed by atoms with Crippen LogP contribution >= 0.6 is 0 Å². The summed E-state index contributed by atoms with van der Waals surface area (Å²) in [5, 5.41) is 13.3. The van der Waals surface area contributed by atoms with Gasteiger partial charge in [0.2, 0.25) is 0 Å². The summed E-state index contributed by atoms with van der Waals surface area (Å²) in [7, 11) is 0. The maximum absolute atomic E-state index is 9.16. The van der Waals surface area contributed by atoms with Gasteiger partial charge in [0.1, 0.15) is 5.69 Å². The number of aryl methyl sites for hydroxylation is 2. The van der Waals surface area contributed by atoms with Gasteiger partial charge in [-0.25, -0.2) is 0 Å². The number of unbranched alkanes of at least 4 members (excludes halogenated alkanes) is 1. The van der Waals surface area contributed by atoms with E-state index in [1.807, 2.05) is 0 Å². The molecule has 1 aromatic heterocycles. The Morgan fingerprint density at radius 2 is 2.36 bits per heavy atom. The lowest BCUT2D eigenvalue weighted by molar-refractivity contribution is 0.469. The molecular formula is C8H14N2O. The van der Waals surface area contributed by atoms with E-state index < -0.39 is 0 Å². The molecule has 0 bridgehead atoms. The molecule has 0 aromatic carbocycles. The maximum atomic E-state index is 9.16. The van der Waals surface area contributed by atoms with Crippen LogP contribution in [-0.2, 0) is 6.54 Å². The van der Waals surface area contributed by atoms with Crippen molar-refractivity contribution in [3.8, 4) is 5.75 Å². The summed E-state index contributed by atoms with van der Waals surface area (Å²) in [5.74, 6) is 0.293. The standard InChI is InChI=1S/C8H14N2O/c1-3-4-5-10-6-8(11)7(2)9-10/h6,11H,3-5H2,1-2H3. The first-order chi connectivity index (χ1) is 5.24. The summed E-state index contributed by atoms with van der Waals surface area (Å²) in [6.07, 6.45) is 3.94. The summed E-state index contributed by atoms with van der Waals surface area (Å²) in [6, 6.07) is 0. The molecule has 0 spiro atoms. The van der Waals surface area contributed by atoms with E-state index in [0.29, 0.717) is 11.4 Å². The van der Waals surface area contributed by atoms with Crippen LogP contribution in [0.15, 0.2) is 6.20 Å². The number of hydrogen-bond donors (Lipinski definition) is 1. The molecule has 0 saturated carbocycles. The first-order valence-corrected chi connectivity index (χ1v) is 3.97. The monoisotopic (exact) mass is 154 g/mol. The first-order valence-electron chi connectivity index (χ1n) is 3.97. The Bertz CT molecular complexity index is 210. The molecule has 62 valence electrons. The first kappa shape index (κ1) is 8.11. The Morgan fingerprint density at radius 1 is 1.64 bits per heavy atom. The molecule has 3 heteroatoms. The second-order valence-corrected chi connectivity index (χ2v) is 2.72. The van der Waals surface area contributed by atoms with Gasteiger partial charge in [0.05, 0.1) is 6.20 Å². The molecular weight excluding hydrogens is 140 g/mol. The lowest BCUT2D eigenvalue weighted by Gasteiger charge is -1.96. The maximum Gasteiger partial charge on any atom is 0.156 e. The minimum absolute atomic E-state index is 0.293. The topological polar surface area (TPSA) is 38.0 Å². The molecule has 0 aliphatic rings. The van der Waals surface area contributed by atoms with Gasteiger partial charge in [0.25, 0.3) is 0 Å². The lowest BCUT2D eigenvalue weighted by atomic mass is 10.3. The summed E-state index contributed by atoms with van der Waals surface area (Å²) in [5.41, 5.74) is 0.709. The fraction of sp³-hybridized carbons (Fsp3) is 0.625. The van der Waals surface area contributed by atoms with Crippen LogP contribution in [0.25, 0.3) is 0 Å². The van der Waals surface area contributed by atoms with E-state index in [4.69, 9.17) is 5.11 Å². The Labute approximate surface area is 66.7 Å². The third-order valence-electron chi connectivity index (χ3n) is 1.66. The fourth-order valence-electron chi connectivity index (χ4n) is 0.942. The van der Waals surface area contributed by atoms with E-state index in [2.05, 4.69) is 12.0 Å². The third kappa shape index (κ3) is 1.97. The molecule has 0 aliphatic heterocycles. The number of nitrogens with zero attached hydrogens (tertiary/aromatic N) is 2. The average Bonchev–Trinajstić information content (AvgIpc) is 2.28. The van der Waals surface area contributed by atoms with Gasteiger partial charge in [0, 0.05) is 6.54 Å². The third-order valence-corrected chi connectivity index (χ3v) is 1.66. The van der Waals surface area contributed by atoms with Crippen molar-refractivity contribution in [1.29, 1.82) is 0 Å². The van der Waals surface area contributed by atoms with E-state index in [1.54, 1.807) is 17.8 Å². The summed E-state index contributed by atoms with van der Waals surface area (Å²) in [4.78, 5) is 0. The highest BCUT2D eigenvalue weighted by atomic mass is 16.3. The smallest absolute Gasteiger partial charge is 0.156 e. The molecule has 0 atom stereocenters. The molecule has 1 heterocycles. The van der Waals surface area contributed by atoms with Gasteiger partial charge < -0.3 is 5.11 Å². The molecule has 1 rings (SSSR count). The quantitative estimate of drug-likeness (QED) is 0.719. The second-order valence-electron chi connectivity index (χ2n) is 2.72. The zero-order valence-corrected chi connectivity index (χ0v) is 7.04. The molecule has 11 heavy (non-hydrogen) atoms. The number of hydrogen-bond acceptors (Lipinski definition) is 2. The molecule has 0 saturated heterocycles. The van der Waals surface area contributed by atoms with E-state index in [1.165, 1.54) is 0 Å². The van der Waals surface area contributed by atoms with E-state index in [-0.39, 0.29) is 0 Å². The van der Waals surface area contributed by atoms with Crippen molar-refractivity contribution in [1.82, 2.24) is 9.78 Å². The van der Waals surface area contributed by atoms with Crippen LogP contribution in [0, 0.1) is 6.92 Å². The second kappa shape index (κ2) is 3.42. The highest BCUT2D eigenvalue weighted by Crippen LogP contribution is 2.12. The highest BCUT2D eigenvalue weighted by molar-refractivity contribution is 5.20. The molecule has 3 nitrogen and oxygen atoms in total. The van der Waals surface area contributed by atoms with Crippen molar-refractivity contribution in [2.45, 2.75) is 33.2 Å². The molecule has 0 fully saturated rings. The molecule has 1 N–H and O–H groups in total. The fourth-order valence-corrected chi connectivity index (χ4v) is 0.942. The van der Waals surface area contributed by atoms with Crippen molar-refractivity contribution in [2.24, 2.45) is 0 Å². The van der Waals surface area contributed by atoms with Crippen molar-refractivity contribution in [3.05, 3.63) is 11.9 Å². The van der Waals surface area contributed by atoms with Gasteiger partial charge in [0.15, 0.2) is 5.75 Å². The van der Waals surface area contributed by atoms with E-state index in [0.717, 1.165) is 19.4 Å². The van der Waals surface area contributed by atoms with Gasteiger partial charge in [-0.15, -0.1) is 0 Å². The van der Waals surface area contributed by atoms with Crippen molar-refractivity contribution < 1.29 is 5.11 Å². The molecule has 0 unspecified atom stereocenters. The van der Waals surface area contributed by atoms with Crippen LogP contribution in [0.2, 0.25) is 0 Å². The van der Waals surface area contributed by atoms with Crippen LogP contribution in [0.5, 0.6) is 5.75 Å². The van der Waals surface area contributed by atoms with Crippen molar-refractivity contribution in [3.63, 3.8) is 0 Å². The SMILES string of the molecule is CCCCn1cc(O)c(C)n1. The Morgan fingerprint density at radius 3 is 2.82 bits per heavy atom. The number of aromatic nitrogens is 2. The molecule has 0 aliphatic carbocycles. The zero-order chi connectivity index (χ0) is 8.27. The van der Waals surface area contributed by atoms with Crippen LogP contribution in [0.1, 0.15) is 25.5 Å². The Balaban J connectivity index is 2.58. The minimum atomic E-state index is 0.293.